The third-order valence-electron chi connectivity index (χ3n) is 1.54. The van der Waals surface area contributed by atoms with Crippen molar-refractivity contribution in [1.29, 1.82) is 0 Å². The van der Waals surface area contributed by atoms with Gasteiger partial charge in [0.2, 0.25) is 6.10 Å². The molecular formula is C8H4ClF4O. The highest BCUT2D eigenvalue weighted by Crippen LogP contribution is 2.33. The molecule has 1 aromatic rings. The minimum atomic E-state index is -4.92. The lowest BCUT2D eigenvalue weighted by atomic mass is 10.1. The van der Waals surface area contributed by atoms with Crippen LogP contribution in [0.25, 0.3) is 0 Å². The normalized spacial score (nSPS) is 14.1. The lowest BCUT2D eigenvalue weighted by Gasteiger charge is -2.12. The average molecular weight is 228 g/mol. The molecule has 77 valence electrons. The van der Waals surface area contributed by atoms with E-state index in [9.17, 15) is 22.7 Å². The monoisotopic (exact) mass is 227 g/mol. The van der Waals surface area contributed by atoms with Crippen molar-refractivity contribution in [3.8, 4) is 0 Å². The second kappa shape index (κ2) is 3.74. The van der Waals surface area contributed by atoms with Crippen LogP contribution in [-0.2, 0) is 5.11 Å². The Hall–Kier alpha value is -0.810. The average Bonchev–Trinajstić information content (AvgIpc) is 2.07. The fourth-order valence-electron chi connectivity index (χ4n) is 0.864. The first-order valence-electron chi connectivity index (χ1n) is 3.50. The fourth-order valence-corrected chi connectivity index (χ4v) is 0.982. The van der Waals surface area contributed by atoms with Crippen molar-refractivity contribution >= 4 is 11.6 Å². The second-order valence-electron chi connectivity index (χ2n) is 2.60. The molecule has 0 saturated heterocycles. The van der Waals surface area contributed by atoms with Crippen molar-refractivity contribution < 1.29 is 22.7 Å². The zero-order chi connectivity index (χ0) is 10.9. The van der Waals surface area contributed by atoms with E-state index in [1.165, 1.54) is 0 Å². The van der Waals surface area contributed by atoms with E-state index < -0.39 is 23.7 Å². The zero-order valence-corrected chi connectivity index (χ0v) is 7.36. The van der Waals surface area contributed by atoms with Gasteiger partial charge in [-0.3, -0.25) is 0 Å². The minimum absolute atomic E-state index is 0.317. The smallest absolute Gasteiger partial charge is 0.218 e. The SMILES string of the molecule is [O]C(c1ccc(Cl)c(F)c1)C(F)(F)F. The molecule has 0 fully saturated rings. The first-order valence-corrected chi connectivity index (χ1v) is 3.87. The van der Waals surface area contributed by atoms with Gasteiger partial charge in [0.05, 0.1) is 5.02 Å². The highest BCUT2D eigenvalue weighted by Gasteiger charge is 2.41. The van der Waals surface area contributed by atoms with E-state index in [2.05, 4.69) is 0 Å². The van der Waals surface area contributed by atoms with Crippen LogP contribution in [-0.4, -0.2) is 6.18 Å². The summed E-state index contributed by atoms with van der Waals surface area (Å²) in [6.07, 6.45) is -7.85. The first kappa shape index (κ1) is 11.3. The van der Waals surface area contributed by atoms with Gasteiger partial charge in [-0.15, -0.1) is 0 Å². The van der Waals surface area contributed by atoms with Gasteiger partial charge in [0.1, 0.15) is 5.82 Å². The van der Waals surface area contributed by atoms with E-state index in [4.69, 9.17) is 11.6 Å². The van der Waals surface area contributed by atoms with Gasteiger partial charge < -0.3 is 0 Å². The zero-order valence-electron chi connectivity index (χ0n) is 6.61. The number of halogens is 5. The minimum Gasteiger partial charge on any atom is -0.218 e. The molecule has 1 aromatic carbocycles. The molecule has 0 heterocycles. The quantitative estimate of drug-likeness (QED) is 0.655. The Kier molecular flexibility index (Phi) is 3.01. The van der Waals surface area contributed by atoms with Gasteiger partial charge in [0, 0.05) is 0 Å². The molecule has 1 nitrogen and oxygen atoms in total. The molecule has 0 aliphatic heterocycles. The van der Waals surface area contributed by atoms with E-state index in [1.807, 2.05) is 0 Å². The highest BCUT2D eigenvalue weighted by atomic mass is 35.5. The summed E-state index contributed by atoms with van der Waals surface area (Å²) in [4.78, 5) is 0. The molecule has 0 bridgehead atoms. The standard InChI is InChI=1S/C8H4ClF4O/c9-5-2-1-4(3-6(5)10)7(14)8(11,12)13/h1-3,7H. The van der Waals surface area contributed by atoms with Crippen LogP contribution < -0.4 is 0 Å². The maximum atomic E-state index is 12.7. The molecule has 0 N–H and O–H groups in total. The molecule has 0 aromatic heterocycles. The summed E-state index contributed by atoms with van der Waals surface area (Å²) >= 11 is 5.24. The van der Waals surface area contributed by atoms with Crippen molar-refractivity contribution in [2.75, 3.05) is 0 Å². The molecule has 0 amide bonds. The highest BCUT2D eigenvalue weighted by molar-refractivity contribution is 6.30. The Morgan fingerprint density at radius 2 is 1.86 bits per heavy atom. The maximum Gasteiger partial charge on any atom is 0.422 e. The molecule has 0 spiro atoms. The van der Waals surface area contributed by atoms with Gasteiger partial charge in [-0.05, 0) is 17.7 Å². The molecule has 6 heteroatoms. The Morgan fingerprint density at radius 3 is 2.29 bits per heavy atom. The van der Waals surface area contributed by atoms with Gasteiger partial charge >= 0.3 is 6.18 Å². The van der Waals surface area contributed by atoms with E-state index in [0.717, 1.165) is 12.1 Å². The molecule has 0 saturated carbocycles. The van der Waals surface area contributed by atoms with Gasteiger partial charge in [-0.25, -0.2) is 9.50 Å². The van der Waals surface area contributed by atoms with Crippen molar-refractivity contribution in [2.45, 2.75) is 12.3 Å². The predicted octanol–water partition coefficient (Wildman–Crippen LogP) is 3.51. The van der Waals surface area contributed by atoms with Crippen LogP contribution in [0.3, 0.4) is 0 Å². The van der Waals surface area contributed by atoms with Crippen LogP contribution in [0.1, 0.15) is 11.7 Å². The van der Waals surface area contributed by atoms with Crippen LogP contribution in [0.15, 0.2) is 18.2 Å². The van der Waals surface area contributed by atoms with Crippen molar-refractivity contribution in [3.05, 3.63) is 34.6 Å². The van der Waals surface area contributed by atoms with Crippen LogP contribution in [0, 0.1) is 5.82 Å². The van der Waals surface area contributed by atoms with Gasteiger partial charge in [0.25, 0.3) is 0 Å². The number of alkyl halides is 3. The van der Waals surface area contributed by atoms with Crippen molar-refractivity contribution in [3.63, 3.8) is 0 Å². The predicted molar refractivity (Wildman–Crippen MR) is 40.9 cm³/mol. The number of rotatable bonds is 1. The fraction of sp³-hybridized carbons (Fsp3) is 0.250. The maximum absolute atomic E-state index is 12.7. The third kappa shape index (κ3) is 2.36. The summed E-state index contributed by atoms with van der Waals surface area (Å²) in [5.74, 6) is -1.03. The van der Waals surface area contributed by atoms with Crippen LogP contribution in [0.4, 0.5) is 17.6 Å². The second-order valence-corrected chi connectivity index (χ2v) is 3.00. The molecule has 1 unspecified atom stereocenters. The number of hydrogen-bond donors (Lipinski definition) is 0. The number of hydrogen-bond acceptors (Lipinski definition) is 0. The Bertz CT molecular complexity index is 337. The third-order valence-corrected chi connectivity index (χ3v) is 1.85. The first-order chi connectivity index (χ1) is 6.32. The molecule has 1 rings (SSSR count). The van der Waals surface area contributed by atoms with Crippen molar-refractivity contribution in [1.82, 2.24) is 0 Å². The van der Waals surface area contributed by atoms with Gasteiger partial charge in [-0.2, -0.15) is 13.2 Å². The van der Waals surface area contributed by atoms with Crippen LogP contribution >= 0.6 is 11.6 Å². The Morgan fingerprint density at radius 1 is 1.29 bits per heavy atom. The lowest BCUT2D eigenvalue weighted by Crippen LogP contribution is -2.19. The summed E-state index contributed by atoms with van der Waals surface area (Å²) in [6, 6.07) is 2.27. The Labute approximate surface area is 81.9 Å². The summed E-state index contributed by atoms with van der Waals surface area (Å²) in [5.41, 5.74) is -0.681. The Balaban J connectivity index is 3.03. The van der Waals surface area contributed by atoms with Gasteiger partial charge in [-0.1, -0.05) is 17.7 Å². The molecule has 1 atom stereocenters. The summed E-state index contributed by atoms with van der Waals surface area (Å²) < 4.78 is 48.4. The molecular weight excluding hydrogens is 224 g/mol. The van der Waals surface area contributed by atoms with Crippen LogP contribution in [0.5, 0.6) is 0 Å². The molecule has 1 radical (unpaired) electrons. The number of benzene rings is 1. The molecule has 0 aliphatic carbocycles. The van der Waals surface area contributed by atoms with Crippen LogP contribution in [0.2, 0.25) is 5.02 Å². The summed E-state index contributed by atoms with van der Waals surface area (Å²) in [7, 11) is 0. The lowest BCUT2D eigenvalue weighted by molar-refractivity contribution is -0.225. The van der Waals surface area contributed by atoms with E-state index in [0.29, 0.717) is 6.07 Å². The van der Waals surface area contributed by atoms with E-state index in [-0.39, 0.29) is 5.02 Å². The van der Waals surface area contributed by atoms with E-state index in [1.54, 1.807) is 0 Å². The summed E-state index contributed by atoms with van der Waals surface area (Å²) in [6.45, 7) is 0. The molecule has 14 heavy (non-hydrogen) atoms. The largest absolute Gasteiger partial charge is 0.422 e. The topological polar surface area (TPSA) is 19.9 Å². The van der Waals surface area contributed by atoms with E-state index >= 15 is 0 Å². The molecule has 0 aliphatic rings. The summed E-state index contributed by atoms with van der Waals surface area (Å²) in [5, 5.41) is 10.4. The van der Waals surface area contributed by atoms with Gasteiger partial charge in [0.15, 0.2) is 0 Å². The van der Waals surface area contributed by atoms with Crippen molar-refractivity contribution in [2.24, 2.45) is 0 Å².